The van der Waals surface area contributed by atoms with Gasteiger partial charge in [0.05, 0.1) is 19.3 Å². The van der Waals surface area contributed by atoms with E-state index in [0.29, 0.717) is 37.9 Å². The zero-order valence-corrected chi connectivity index (χ0v) is 37.9. The maximum Gasteiger partial charge on any atom is 0.305 e. The van der Waals surface area contributed by atoms with Crippen molar-refractivity contribution in [2.24, 2.45) is 22.7 Å². The Balaban J connectivity index is 4.27. The van der Waals surface area contributed by atoms with Crippen molar-refractivity contribution >= 4 is 11.9 Å². The number of esters is 2. The summed E-state index contributed by atoms with van der Waals surface area (Å²) in [6.07, 6.45) is 35.9. The van der Waals surface area contributed by atoms with Crippen LogP contribution in [-0.2, 0) is 19.1 Å². The fourth-order valence-electron chi connectivity index (χ4n) is 8.04. The molecule has 322 valence electrons. The van der Waals surface area contributed by atoms with Gasteiger partial charge in [0, 0.05) is 12.8 Å². The van der Waals surface area contributed by atoms with Gasteiger partial charge in [0.25, 0.3) is 0 Å². The lowest BCUT2D eigenvalue weighted by Crippen LogP contribution is -2.18. The standard InChI is InChI=1S/C49H96O5/c1-9-13-17-21-27-43(28-22-18-14-10-2)35-41-53-46(51)33-39-48(5,6)37-25-31-45(50)32-26-38-49(7,8)40-34-47(52)54-42-36-44(29-23-19-15-11-3)30-24-20-16-12-4/h43-45,50H,9-42H2,1-8H3. The number of carbonyl (C=O) groups excluding carboxylic acids is 2. The Hall–Kier alpha value is -1.10. The molecule has 0 rings (SSSR count). The predicted molar refractivity (Wildman–Crippen MR) is 233 cm³/mol. The fourth-order valence-corrected chi connectivity index (χ4v) is 8.04. The first-order chi connectivity index (χ1) is 25.9. The van der Waals surface area contributed by atoms with Crippen LogP contribution in [0.25, 0.3) is 0 Å². The van der Waals surface area contributed by atoms with Crippen molar-refractivity contribution in [3.05, 3.63) is 0 Å². The maximum atomic E-state index is 12.6. The molecule has 5 heteroatoms. The molecule has 0 aliphatic rings. The first kappa shape index (κ1) is 52.9. The van der Waals surface area contributed by atoms with Gasteiger partial charge in [-0.1, -0.05) is 197 Å². The first-order valence-electron chi connectivity index (χ1n) is 23.9. The Bertz CT molecular complexity index is 759. The minimum atomic E-state index is -0.291. The molecule has 0 amide bonds. The van der Waals surface area contributed by atoms with Gasteiger partial charge in [0.1, 0.15) is 0 Å². The summed E-state index contributed by atoms with van der Waals surface area (Å²) in [4.78, 5) is 25.2. The molecule has 0 aromatic carbocycles. The number of rotatable bonds is 40. The second-order valence-corrected chi connectivity index (χ2v) is 18.9. The molecule has 0 bridgehead atoms. The summed E-state index contributed by atoms with van der Waals surface area (Å²) in [6.45, 7) is 19.2. The number of carbonyl (C=O) groups is 2. The molecule has 0 aliphatic carbocycles. The van der Waals surface area contributed by atoms with Crippen LogP contribution in [0, 0.1) is 22.7 Å². The second kappa shape index (κ2) is 35.1. The molecule has 0 heterocycles. The van der Waals surface area contributed by atoms with Crippen molar-refractivity contribution in [3.8, 4) is 0 Å². The number of ether oxygens (including phenoxy) is 2. The highest BCUT2D eigenvalue weighted by molar-refractivity contribution is 5.69. The van der Waals surface area contributed by atoms with Crippen LogP contribution in [0.2, 0.25) is 0 Å². The highest BCUT2D eigenvalue weighted by Gasteiger charge is 2.23. The van der Waals surface area contributed by atoms with Gasteiger partial charge in [0.2, 0.25) is 0 Å². The SMILES string of the molecule is CCCCCCC(CCCCCC)CCOC(=O)CCC(C)(C)CCCC(O)CCCC(C)(C)CCC(=O)OCCC(CCCCCC)CCCCCC. The Morgan fingerprint density at radius 2 is 0.741 bits per heavy atom. The van der Waals surface area contributed by atoms with Crippen LogP contribution in [0.3, 0.4) is 0 Å². The van der Waals surface area contributed by atoms with E-state index in [4.69, 9.17) is 9.47 Å². The molecule has 0 spiro atoms. The lowest BCUT2D eigenvalue weighted by atomic mass is 9.81. The minimum absolute atomic E-state index is 0.0512. The van der Waals surface area contributed by atoms with Gasteiger partial charge in [-0.05, 0) is 74.0 Å². The summed E-state index contributed by atoms with van der Waals surface area (Å²) in [7, 11) is 0. The van der Waals surface area contributed by atoms with Gasteiger partial charge in [0.15, 0.2) is 0 Å². The van der Waals surface area contributed by atoms with E-state index in [1.807, 2.05) is 0 Å². The third-order valence-electron chi connectivity index (χ3n) is 12.2. The molecule has 5 nitrogen and oxygen atoms in total. The summed E-state index contributed by atoms with van der Waals surface area (Å²) in [5, 5.41) is 10.7. The van der Waals surface area contributed by atoms with Crippen molar-refractivity contribution in [1.29, 1.82) is 0 Å². The predicted octanol–water partition coefficient (Wildman–Crippen LogP) is 15.3. The maximum absolute atomic E-state index is 12.6. The topological polar surface area (TPSA) is 72.8 Å². The molecular weight excluding hydrogens is 669 g/mol. The van der Waals surface area contributed by atoms with E-state index in [1.165, 1.54) is 128 Å². The van der Waals surface area contributed by atoms with Crippen LogP contribution in [0.15, 0.2) is 0 Å². The van der Waals surface area contributed by atoms with Gasteiger partial charge in [-0.2, -0.15) is 0 Å². The zero-order chi connectivity index (χ0) is 40.3. The first-order valence-corrected chi connectivity index (χ1v) is 23.9. The van der Waals surface area contributed by atoms with E-state index >= 15 is 0 Å². The highest BCUT2D eigenvalue weighted by atomic mass is 16.5. The average molecular weight is 765 g/mol. The normalized spacial score (nSPS) is 12.4. The van der Waals surface area contributed by atoms with Crippen LogP contribution in [0.5, 0.6) is 0 Å². The van der Waals surface area contributed by atoms with Crippen LogP contribution >= 0.6 is 0 Å². The molecule has 0 aromatic rings. The van der Waals surface area contributed by atoms with E-state index in [0.717, 1.165) is 64.2 Å². The molecule has 0 atom stereocenters. The van der Waals surface area contributed by atoms with Crippen molar-refractivity contribution in [3.63, 3.8) is 0 Å². The van der Waals surface area contributed by atoms with E-state index in [2.05, 4.69) is 55.4 Å². The minimum Gasteiger partial charge on any atom is -0.466 e. The Labute approximate surface area is 338 Å². The summed E-state index contributed by atoms with van der Waals surface area (Å²) < 4.78 is 11.4. The highest BCUT2D eigenvalue weighted by Crippen LogP contribution is 2.32. The lowest BCUT2D eigenvalue weighted by Gasteiger charge is -2.26. The monoisotopic (exact) mass is 765 g/mol. The summed E-state index contributed by atoms with van der Waals surface area (Å²) in [5.74, 6) is 1.27. The summed E-state index contributed by atoms with van der Waals surface area (Å²) in [5.41, 5.74) is 0.112. The molecular formula is C49H96O5. The third-order valence-corrected chi connectivity index (χ3v) is 12.2. The van der Waals surface area contributed by atoms with Crippen molar-refractivity contribution in [2.75, 3.05) is 13.2 Å². The zero-order valence-electron chi connectivity index (χ0n) is 37.9. The quantitative estimate of drug-likeness (QED) is 0.0497. The van der Waals surface area contributed by atoms with E-state index in [1.54, 1.807) is 0 Å². The largest absolute Gasteiger partial charge is 0.466 e. The summed E-state index contributed by atoms with van der Waals surface area (Å²) >= 11 is 0. The van der Waals surface area contributed by atoms with Gasteiger partial charge >= 0.3 is 11.9 Å². The Morgan fingerprint density at radius 1 is 0.426 bits per heavy atom. The molecule has 1 N–H and O–H groups in total. The van der Waals surface area contributed by atoms with Crippen LogP contribution in [-0.4, -0.2) is 36.4 Å². The van der Waals surface area contributed by atoms with Crippen LogP contribution < -0.4 is 0 Å². The van der Waals surface area contributed by atoms with Crippen molar-refractivity contribution < 1.29 is 24.2 Å². The molecule has 0 saturated heterocycles. The third kappa shape index (κ3) is 34.2. The molecule has 0 fully saturated rings. The number of hydrogen-bond donors (Lipinski definition) is 1. The summed E-state index contributed by atoms with van der Waals surface area (Å²) in [6, 6.07) is 0. The van der Waals surface area contributed by atoms with Gasteiger partial charge < -0.3 is 14.6 Å². The van der Waals surface area contributed by atoms with Crippen LogP contribution in [0.4, 0.5) is 0 Å². The van der Waals surface area contributed by atoms with Gasteiger partial charge in [-0.3, -0.25) is 9.59 Å². The smallest absolute Gasteiger partial charge is 0.305 e. The number of hydrogen-bond acceptors (Lipinski definition) is 5. The number of aliphatic hydroxyl groups excluding tert-OH is 1. The van der Waals surface area contributed by atoms with Gasteiger partial charge in [-0.25, -0.2) is 0 Å². The fraction of sp³-hybridized carbons (Fsp3) is 0.959. The van der Waals surface area contributed by atoms with E-state index in [-0.39, 0.29) is 28.9 Å². The van der Waals surface area contributed by atoms with Crippen molar-refractivity contribution in [2.45, 2.75) is 267 Å². The van der Waals surface area contributed by atoms with Crippen LogP contribution in [0.1, 0.15) is 261 Å². The van der Waals surface area contributed by atoms with E-state index in [9.17, 15) is 14.7 Å². The molecule has 0 aliphatic heterocycles. The van der Waals surface area contributed by atoms with E-state index < -0.39 is 0 Å². The molecule has 54 heavy (non-hydrogen) atoms. The molecule has 0 aromatic heterocycles. The average Bonchev–Trinajstić information content (AvgIpc) is 3.13. The lowest BCUT2D eigenvalue weighted by molar-refractivity contribution is -0.145. The van der Waals surface area contributed by atoms with Gasteiger partial charge in [-0.15, -0.1) is 0 Å². The molecule has 0 unspecified atom stereocenters. The second-order valence-electron chi connectivity index (χ2n) is 18.9. The Kier molecular flexibility index (Phi) is 34.4. The Morgan fingerprint density at radius 3 is 1.04 bits per heavy atom. The number of unbranched alkanes of at least 4 members (excludes halogenated alkanes) is 12. The molecule has 0 saturated carbocycles. The number of aliphatic hydroxyl groups is 1. The molecule has 0 radical (unpaired) electrons. The van der Waals surface area contributed by atoms with Crippen molar-refractivity contribution in [1.82, 2.24) is 0 Å².